The second-order valence-corrected chi connectivity index (χ2v) is 10.2. The van der Waals surface area contributed by atoms with Gasteiger partial charge in [0.25, 0.3) is 5.91 Å². The van der Waals surface area contributed by atoms with Crippen molar-refractivity contribution < 1.29 is 19.0 Å². The fraction of sp³-hybridized carbons (Fsp3) is 0.560. The number of hydrogen-bond donors (Lipinski definition) is 2. The molecule has 1 aliphatic carbocycles. The third-order valence-electron chi connectivity index (χ3n) is 7.00. The van der Waals surface area contributed by atoms with Crippen LogP contribution in [0.3, 0.4) is 0 Å². The normalized spacial score (nSPS) is 26.8. The van der Waals surface area contributed by atoms with Crippen LogP contribution in [0.25, 0.3) is 0 Å². The number of nitrogens with one attached hydrogen (secondary N) is 1. The van der Waals surface area contributed by atoms with E-state index in [1.165, 1.54) is 30.7 Å². The van der Waals surface area contributed by atoms with Crippen LogP contribution in [0.1, 0.15) is 50.5 Å². The van der Waals surface area contributed by atoms with Gasteiger partial charge in [0.05, 0.1) is 18.3 Å². The summed E-state index contributed by atoms with van der Waals surface area (Å²) in [7, 11) is 0. The van der Waals surface area contributed by atoms with Crippen molar-refractivity contribution in [3.63, 3.8) is 0 Å². The number of piperidine rings is 1. The highest BCUT2D eigenvalue weighted by Crippen LogP contribution is 2.37. The first-order chi connectivity index (χ1) is 15.7. The van der Waals surface area contributed by atoms with E-state index in [9.17, 15) is 14.3 Å². The Kier molecular flexibility index (Phi) is 6.95. The minimum Gasteiger partial charge on any atom is -0.487 e. The molecule has 1 aromatic carbocycles. The fourth-order valence-corrected chi connectivity index (χ4v) is 5.16. The molecular formula is C25H33FN4O3. The zero-order valence-corrected chi connectivity index (χ0v) is 19.4. The van der Waals surface area contributed by atoms with Gasteiger partial charge in [-0.3, -0.25) is 14.7 Å². The summed E-state index contributed by atoms with van der Waals surface area (Å²) in [6, 6.07) is 5.27. The van der Waals surface area contributed by atoms with Crippen molar-refractivity contribution in [3.05, 3.63) is 54.4 Å². The van der Waals surface area contributed by atoms with Gasteiger partial charge in [0.15, 0.2) is 0 Å². The Morgan fingerprint density at radius 2 is 2.00 bits per heavy atom. The molecule has 0 spiro atoms. The summed E-state index contributed by atoms with van der Waals surface area (Å²) >= 11 is 0. The van der Waals surface area contributed by atoms with Crippen molar-refractivity contribution >= 4 is 5.91 Å². The van der Waals surface area contributed by atoms with Crippen molar-refractivity contribution in [2.75, 3.05) is 13.1 Å². The second kappa shape index (κ2) is 9.73. The standard InChI is InChI=1S/C25H33FN4O3/c1-25(2,3)16-7-11-30(12-8-16)22-19(29-24(32)20-15-27-9-10-28-20)14-21(23(22)31)33-18-6-4-5-17(26)13-18/h4-6,9-10,13,15-16,19,21-23,31H,7-8,11-12,14H2,1-3H3,(H,29,32)/t19-,21-,22+,23+/m1/s1. The maximum atomic E-state index is 13.7. The van der Waals surface area contributed by atoms with Crippen LogP contribution in [0.2, 0.25) is 0 Å². The van der Waals surface area contributed by atoms with Crippen LogP contribution in [0.4, 0.5) is 4.39 Å². The lowest BCUT2D eigenvalue weighted by molar-refractivity contribution is -0.0108. The Hall–Kier alpha value is -2.58. The van der Waals surface area contributed by atoms with Gasteiger partial charge < -0.3 is 15.2 Å². The number of hydrogen-bond acceptors (Lipinski definition) is 6. The van der Waals surface area contributed by atoms with Gasteiger partial charge in [-0.25, -0.2) is 9.37 Å². The van der Waals surface area contributed by atoms with Gasteiger partial charge in [-0.05, 0) is 49.4 Å². The van der Waals surface area contributed by atoms with Gasteiger partial charge in [0, 0.05) is 24.9 Å². The topological polar surface area (TPSA) is 87.6 Å². The minimum absolute atomic E-state index is 0.228. The number of carbonyl (C=O) groups excluding carboxylic acids is 1. The SMILES string of the molecule is CC(C)(C)C1CCN([C@@H]2[C@@H](O)[C@H](Oc3cccc(F)c3)C[C@H]2NC(=O)c2cnccn2)CC1. The van der Waals surface area contributed by atoms with Gasteiger partial charge in [0.2, 0.25) is 0 Å². The Labute approximate surface area is 194 Å². The largest absolute Gasteiger partial charge is 0.487 e. The van der Waals surface area contributed by atoms with Crippen molar-refractivity contribution in [1.29, 1.82) is 0 Å². The summed E-state index contributed by atoms with van der Waals surface area (Å²) in [5, 5.41) is 14.3. The molecule has 2 aromatic rings. The number of benzene rings is 1. The highest BCUT2D eigenvalue weighted by atomic mass is 19.1. The molecule has 1 aromatic heterocycles. The average molecular weight is 457 g/mol. The molecule has 2 fully saturated rings. The molecule has 7 nitrogen and oxygen atoms in total. The molecule has 33 heavy (non-hydrogen) atoms. The molecule has 4 rings (SSSR count). The number of nitrogens with zero attached hydrogens (tertiary/aromatic N) is 3. The average Bonchev–Trinajstić information content (AvgIpc) is 3.08. The molecule has 2 heterocycles. The third kappa shape index (κ3) is 5.50. The van der Waals surface area contributed by atoms with Crippen molar-refractivity contribution in [2.24, 2.45) is 11.3 Å². The first-order valence-corrected chi connectivity index (χ1v) is 11.6. The molecule has 1 saturated carbocycles. The van der Waals surface area contributed by atoms with E-state index in [4.69, 9.17) is 4.74 Å². The first-order valence-electron chi connectivity index (χ1n) is 11.6. The highest BCUT2D eigenvalue weighted by molar-refractivity contribution is 5.92. The Morgan fingerprint density at radius 3 is 2.64 bits per heavy atom. The first kappa shape index (κ1) is 23.6. The van der Waals surface area contributed by atoms with E-state index < -0.39 is 18.0 Å². The number of amides is 1. The third-order valence-corrected chi connectivity index (χ3v) is 7.00. The van der Waals surface area contributed by atoms with E-state index in [-0.39, 0.29) is 29.1 Å². The molecule has 8 heteroatoms. The molecule has 1 aliphatic heterocycles. The number of rotatable bonds is 5. The van der Waals surface area contributed by atoms with Gasteiger partial charge in [-0.15, -0.1) is 0 Å². The fourth-order valence-electron chi connectivity index (χ4n) is 5.16. The minimum atomic E-state index is -0.827. The summed E-state index contributed by atoms with van der Waals surface area (Å²) in [4.78, 5) is 23.2. The van der Waals surface area contributed by atoms with Gasteiger partial charge in [0.1, 0.15) is 29.5 Å². The van der Waals surface area contributed by atoms with Gasteiger partial charge in [-0.2, -0.15) is 0 Å². The van der Waals surface area contributed by atoms with Crippen LogP contribution in [-0.4, -0.2) is 63.3 Å². The molecule has 2 aliphatic rings. The van der Waals surface area contributed by atoms with Crippen LogP contribution < -0.4 is 10.1 Å². The molecule has 0 radical (unpaired) electrons. The van der Waals surface area contributed by atoms with Crippen LogP contribution in [-0.2, 0) is 0 Å². The number of halogens is 1. The molecule has 178 valence electrons. The zero-order valence-electron chi connectivity index (χ0n) is 19.4. The maximum Gasteiger partial charge on any atom is 0.271 e. The van der Waals surface area contributed by atoms with Crippen molar-refractivity contribution in [1.82, 2.24) is 20.2 Å². The van der Waals surface area contributed by atoms with E-state index in [1.807, 2.05) is 0 Å². The van der Waals surface area contributed by atoms with E-state index >= 15 is 0 Å². The number of aromatic nitrogens is 2. The van der Waals surface area contributed by atoms with E-state index in [0.717, 1.165) is 25.9 Å². The van der Waals surface area contributed by atoms with E-state index in [2.05, 4.69) is 41.0 Å². The molecule has 1 saturated heterocycles. The van der Waals surface area contributed by atoms with Crippen LogP contribution >= 0.6 is 0 Å². The molecule has 1 amide bonds. The molecular weight excluding hydrogens is 423 g/mol. The second-order valence-electron chi connectivity index (χ2n) is 10.2. The summed E-state index contributed by atoms with van der Waals surface area (Å²) in [5.41, 5.74) is 0.468. The predicted octanol–water partition coefficient (Wildman–Crippen LogP) is 3.05. The summed E-state index contributed by atoms with van der Waals surface area (Å²) in [6.07, 6.45) is 5.50. The lowest BCUT2D eigenvalue weighted by Gasteiger charge is -2.43. The lowest BCUT2D eigenvalue weighted by Crippen LogP contribution is -2.56. The lowest BCUT2D eigenvalue weighted by atomic mass is 9.75. The maximum absolute atomic E-state index is 13.7. The van der Waals surface area contributed by atoms with Crippen LogP contribution in [0, 0.1) is 17.2 Å². The van der Waals surface area contributed by atoms with Crippen LogP contribution in [0.15, 0.2) is 42.9 Å². The number of ether oxygens (including phenoxy) is 1. The predicted molar refractivity (Wildman–Crippen MR) is 122 cm³/mol. The monoisotopic (exact) mass is 456 g/mol. The Morgan fingerprint density at radius 1 is 1.24 bits per heavy atom. The quantitative estimate of drug-likeness (QED) is 0.719. The summed E-state index contributed by atoms with van der Waals surface area (Å²) < 4.78 is 19.6. The Bertz CT molecular complexity index is 944. The summed E-state index contributed by atoms with van der Waals surface area (Å²) in [5.74, 6) is 0.249. The zero-order chi connectivity index (χ0) is 23.6. The van der Waals surface area contributed by atoms with Gasteiger partial charge >= 0.3 is 0 Å². The van der Waals surface area contributed by atoms with E-state index in [1.54, 1.807) is 12.1 Å². The smallest absolute Gasteiger partial charge is 0.271 e. The number of aliphatic hydroxyl groups excluding tert-OH is 1. The van der Waals surface area contributed by atoms with Crippen LogP contribution in [0.5, 0.6) is 5.75 Å². The van der Waals surface area contributed by atoms with Gasteiger partial charge in [-0.1, -0.05) is 26.8 Å². The number of likely N-dealkylation sites (tertiary alicyclic amines) is 1. The number of carbonyl (C=O) groups is 1. The van der Waals surface area contributed by atoms with Crippen molar-refractivity contribution in [3.8, 4) is 5.75 Å². The molecule has 0 bridgehead atoms. The summed E-state index contributed by atoms with van der Waals surface area (Å²) in [6.45, 7) is 8.49. The highest BCUT2D eigenvalue weighted by Gasteiger charge is 2.48. The van der Waals surface area contributed by atoms with E-state index in [0.29, 0.717) is 18.1 Å². The Balaban J connectivity index is 1.51. The number of aliphatic hydroxyl groups is 1. The van der Waals surface area contributed by atoms with Crippen molar-refractivity contribution in [2.45, 2.75) is 64.3 Å². The molecule has 2 N–H and O–H groups in total. The molecule has 0 unspecified atom stereocenters. The molecule has 4 atom stereocenters.